The molecule has 1 amide bonds. The number of aromatic carboxylic acids is 1. The molecule has 0 aliphatic carbocycles. The second kappa shape index (κ2) is 10.3. The molecule has 0 fully saturated rings. The van der Waals surface area contributed by atoms with Gasteiger partial charge in [0.2, 0.25) is 0 Å². The zero-order valence-electron chi connectivity index (χ0n) is 16.9. The summed E-state index contributed by atoms with van der Waals surface area (Å²) in [4.78, 5) is 23.5. The maximum absolute atomic E-state index is 12.1. The van der Waals surface area contributed by atoms with Crippen LogP contribution in [0.2, 0.25) is 0 Å². The Morgan fingerprint density at radius 1 is 0.900 bits per heavy atom. The van der Waals surface area contributed by atoms with Gasteiger partial charge in [0.25, 0.3) is 5.91 Å². The Bertz CT molecular complexity index is 1010. The molecular formula is C25H25NO4. The van der Waals surface area contributed by atoms with Crippen molar-refractivity contribution >= 4 is 11.9 Å². The van der Waals surface area contributed by atoms with Crippen LogP contribution in [0.3, 0.4) is 0 Å². The maximum atomic E-state index is 12.1. The molecule has 30 heavy (non-hydrogen) atoms. The summed E-state index contributed by atoms with van der Waals surface area (Å²) in [6, 6.07) is 22.4. The zero-order valence-corrected chi connectivity index (χ0v) is 16.9. The van der Waals surface area contributed by atoms with E-state index in [4.69, 9.17) is 4.74 Å². The van der Waals surface area contributed by atoms with Crippen LogP contribution in [0.1, 0.15) is 43.8 Å². The number of nitrogens with one attached hydrogen (secondary N) is 1. The fourth-order valence-electron chi connectivity index (χ4n) is 3.35. The van der Waals surface area contributed by atoms with E-state index in [1.54, 1.807) is 25.2 Å². The molecular weight excluding hydrogens is 378 g/mol. The molecule has 0 unspecified atom stereocenters. The normalized spacial score (nSPS) is 10.4. The lowest BCUT2D eigenvalue weighted by atomic mass is 9.98. The fourth-order valence-corrected chi connectivity index (χ4v) is 3.35. The molecule has 3 aromatic rings. The van der Waals surface area contributed by atoms with E-state index in [-0.39, 0.29) is 5.91 Å². The average molecular weight is 403 g/mol. The van der Waals surface area contributed by atoms with Crippen molar-refractivity contribution < 1.29 is 19.4 Å². The molecule has 5 heteroatoms. The maximum Gasteiger partial charge on any atom is 0.335 e. The Balaban J connectivity index is 1.75. The predicted molar refractivity (Wildman–Crippen MR) is 116 cm³/mol. The van der Waals surface area contributed by atoms with Crippen molar-refractivity contribution in [1.82, 2.24) is 5.32 Å². The molecule has 0 aliphatic rings. The molecule has 5 nitrogen and oxygen atoms in total. The molecule has 154 valence electrons. The van der Waals surface area contributed by atoms with Crippen LogP contribution in [0.4, 0.5) is 0 Å². The van der Waals surface area contributed by atoms with Gasteiger partial charge in [0.1, 0.15) is 12.4 Å². The molecule has 3 rings (SSSR count). The van der Waals surface area contributed by atoms with Crippen molar-refractivity contribution in [3.63, 3.8) is 0 Å². The van der Waals surface area contributed by atoms with E-state index in [1.807, 2.05) is 54.6 Å². The third-order valence-corrected chi connectivity index (χ3v) is 4.93. The quantitative estimate of drug-likeness (QED) is 0.552. The zero-order chi connectivity index (χ0) is 21.3. The first kappa shape index (κ1) is 21.1. The first-order valence-corrected chi connectivity index (χ1v) is 9.91. The number of ether oxygens (including phenoxy) is 1. The monoisotopic (exact) mass is 403 g/mol. The number of hydrogen-bond donors (Lipinski definition) is 2. The number of carboxylic acid groups (broad SMARTS) is 1. The third kappa shape index (κ3) is 5.47. The summed E-state index contributed by atoms with van der Waals surface area (Å²) in [5.41, 5.74) is 3.70. The molecule has 2 N–H and O–H groups in total. The SMILES string of the molecule is CNC(=O)c1ccc(OCc2ccccc2)c(CCCc2ccccc2C(=O)O)c1. The van der Waals surface area contributed by atoms with Crippen molar-refractivity contribution in [2.75, 3.05) is 7.05 Å². The number of carbonyl (C=O) groups excluding carboxylic acids is 1. The number of carbonyl (C=O) groups is 2. The molecule has 0 radical (unpaired) electrons. The molecule has 0 aromatic heterocycles. The minimum Gasteiger partial charge on any atom is -0.489 e. The number of hydrogen-bond acceptors (Lipinski definition) is 3. The summed E-state index contributed by atoms with van der Waals surface area (Å²) >= 11 is 0. The summed E-state index contributed by atoms with van der Waals surface area (Å²) in [6.45, 7) is 0.439. The van der Waals surface area contributed by atoms with Crippen molar-refractivity contribution in [2.24, 2.45) is 0 Å². The lowest BCUT2D eigenvalue weighted by Gasteiger charge is -2.14. The van der Waals surface area contributed by atoms with Gasteiger partial charge in [-0.2, -0.15) is 0 Å². The smallest absolute Gasteiger partial charge is 0.335 e. The van der Waals surface area contributed by atoms with Crippen LogP contribution in [0.15, 0.2) is 72.8 Å². The van der Waals surface area contributed by atoms with Crippen LogP contribution < -0.4 is 10.1 Å². The molecule has 0 aliphatic heterocycles. The third-order valence-electron chi connectivity index (χ3n) is 4.93. The van der Waals surface area contributed by atoms with Crippen LogP contribution in [-0.4, -0.2) is 24.0 Å². The Hall–Kier alpha value is -3.60. The first-order chi connectivity index (χ1) is 14.6. The minimum atomic E-state index is -0.918. The van der Waals surface area contributed by atoms with E-state index in [2.05, 4.69) is 5.32 Å². The number of aryl methyl sites for hydroxylation is 2. The second-order valence-electron chi connectivity index (χ2n) is 6.99. The topological polar surface area (TPSA) is 75.6 Å². The molecule has 0 atom stereocenters. The van der Waals surface area contributed by atoms with E-state index < -0.39 is 5.97 Å². The summed E-state index contributed by atoms with van der Waals surface area (Å²) in [6.07, 6.45) is 2.04. The minimum absolute atomic E-state index is 0.151. The summed E-state index contributed by atoms with van der Waals surface area (Å²) < 4.78 is 6.03. The van der Waals surface area contributed by atoms with Gasteiger partial charge >= 0.3 is 5.97 Å². The van der Waals surface area contributed by atoms with Gasteiger partial charge < -0.3 is 15.2 Å². The Kier molecular flexibility index (Phi) is 7.22. The van der Waals surface area contributed by atoms with Crippen molar-refractivity contribution in [3.8, 4) is 5.75 Å². The van der Waals surface area contributed by atoms with E-state index >= 15 is 0 Å². The van der Waals surface area contributed by atoms with Crippen LogP contribution >= 0.6 is 0 Å². The van der Waals surface area contributed by atoms with Crippen LogP contribution in [0.25, 0.3) is 0 Å². The highest BCUT2D eigenvalue weighted by Gasteiger charge is 2.12. The van der Waals surface area contributed by atoms with Gasteiger partial charge in [0, 0.05) is 12.6 Å². The molecule has 0 heterocycles. The Morgan fingerprint density at radius 2 is 1.60 bits per heavy atom. The summed E-state index contributed by atoms with van der Waals surface area (Å²) in [7, 11) is 1.60. The largest absolute Gasteiger partial charge is 0.489 e. The highest BCUT2D eigenvalue weighted by molar-refractivity contribution is 5.94. The van der Waals surface area contributed by atoms with E-state index in [0.29, 0.717) is 30.6 Å². The summed E-state index contributed by atoms with van der Waals surface area (Å²) in [5.74, 6) is -0.334. The van der Waals surface area contributed by atoms with Crippen LogP contribution in [-0.2, 0) is 19.4 Å². The van der Waals surface area contributed by atoms with Crippen LogP contribution in [0, 0.1) is 0 Å². The highest BCUT2D eigenvalue weighted by Crippen LogP contribution is 2.24. The number of rotatable bonds is 9. The van der Waals surface area contributed by atoms with Gasteiger partial charge in [0.05, 0.1) is 5.56 Å². The van der Waals surface area contributed by atoms with Crippen molar-refractivity contribution in [3.05, 3.63) is 101 Å². The van der Waals surface area contributed by atoms with Gasteiger partial charge in [-0.1, -0.05) is 48.5 Å². The molecule has 0 bridgehead atoms. The molecule has 0 spiro atoms. The standard InChI is InChI=1S/C25H25NO4/c1-26-24(27)21-14-15-23(30-17-18-8-3-2-4-9-18)20(16-21)12-7-11-19-10-5-6-13-22(19)25(28)29/h2-6,8-10,13-16H,7,11-12,17H2,1H3,(H,26,27)(H,28,29). The van der Waals surface area contributed by atoms with E-state index in [0.717, 1.165) is 28.9 Å². The summed E-state index contributed by atoms with van der Waals surface area (Å²) in [5, 5.41) is 12.0. The lowest BCUT2D eigenvalue weighted by Crippen LogP contribution is -2.18. The van der Waals surface area contributed by atoms with Gasteiger partial charge in [-0.15, -0.1) is 0 Å². The van der Waals surface area contributed by atoms with Crippen molar-refractivity contribution in [2.45, 2.75) is 25.9 Å². The Morgan fingerprint density at radius 3 is 2.33 bits per heavy atom. The van der Waals surface area contributed by atoms with Gasteiger partial charge in [-0.05, 0) is 60.2 Å². The van der Waals surface area contributed by atoms with Gasteiger partial charge in [-0.25, -0.2) is 4.79 Å². The Labute approximate surface area is 176 Å². The second-order valence-corrected chi connectivity index (χ2v) is 6.99. The van der Waals surface area contributed by atoms with E-state index in [1.165, 1.54) is 0 Å². The predicted octanol–water partition coefficient (Wildman–Crippen LogP) is 4.50. The van der Waals surface area contributed by atoms with Crippen LogP contribution in [0.5, 0.6) is 5.75 Å². The first-order valence-electron chi connectivity index (χ1n) is 9.91. The highest BCUT2D eigenvalue weighted by atomic mass is 16.5. The molecule has 3 aromatic carbocycles. The fraction of sp³-hybridized carbons (Fsp3) is 0.200. The molecule has 0 saturated heterocycles. The van der Waals surface area contributed by atoms with Gasteiger partial charge in [-0.3, -0.25) is 4.79 Å². The van der Waals surface area contributed by atoms with Crippen molar-refractivity contribution in [1.29, 1.82) is 0 Å². The number of benzene rings is 3. The lowest BCUT2D eigenvalue weighted by molar-refractivity contribution is 0.0695. The molecule has 0 saturated carbocycles. The average Bonchev–Trinajstić information content (AvgIpc) is 2.78. The number of carboxylic acids is 1. The number of amides is 1. The van der Waals surface area contributed by atoms with Gasteiger partial charge in [0.15, 0.2) is 0 Å². The van der Waals surface area contributed by atoms with E-state index in [9.17, 15) is 14.7 Å².